The Morgan fingerprint density at radius 3 is 2.43 bits per heavy atom. The van der Waals surface area contributed by atoms with Crippen LogP contribution in [0.25, 0.3) is 0 Å². The molecule has 0 aliphatic carbocycles. The molecule has 0 bridgehead atoms. The van der Waals surface area contributed by atoms with E-state index in [1.54, 1.807) is 14.2 Å². The summed E-state index contributed by atoms with van der Waals surface area (Å²) < 4.78 is 10.6. The summed E-state index contributed by atoms with van der Waals surface area (Å²) in [7, 11) is 3.23. The van der Waals surface area contributed by atoms with Crippen molar-refractivity contribution in [2.45, 2.75) is 19.9 Å². The highest BCUT2D eigenvalue weighted by Crippen LogP contribution is 2.25. The van der Waals surface area contributed by atoms with E-state index in [2.05, 4.69) is 20.9 Å². The van der Waals surface area contributed by atoms with Gasteiger partial charge in [0, 0.05) is 24.7 Å². The van der Waals surface area contributed by atoms with Gasteiger partial charge in [0.2, 0.25) is 5.91 Å². The molecule has 3 N–H and O–H groups in total. The normalized spacial score (nSPS) is 10.6. The van der Waals surface area contributed by atoms with Crippen molar-refractivity contribution in [2.24, 2.45) is 4.99 Å². The molecule has 2 aromatic rings. The van der Waals surface area contributed by atoms with E-state index < -0.39 is 0 Å². The second kappa shape index (κ2) is 14.5. The molecule has 0 atom stereocenters. The number of hydrogen-bond acceptors (Lipinski definition) is 4. The first-order valence-corrected chi connectivity index (χ1v) is 9.70. The predicted molar refractivity (Wildman–Crippen MR) is 131 cm³/mol. The van der Waals surface area contributed by atoms with E-state index in [0.29, 0.717) is 31.3 Å². The van der Waals surface area contributed by atoms with Gasteiger partial charge in [-0.2, -0.15) is 0 Å². The number of nitrogens with zero attached hydrogens (tertiary/aromatic N) is 1. The minimum absolute atomic E-state index is 0. The van der Waals surface area contributed by atoms with Crippen molar-refractivity contribution in [2.75, 3.05) is 33.9 Å². The summed E-state index contributed by atoms with van der Waals surface area (Å²) in [5.74, 6) is 1.94. The molecule has 0 unspecified atom stereocenters. The summed E-state index contributed by atoms with van der Waals surface area (Å²) in [6.07, 6.45) is 0.804. The molecule has 0 aliphatic heterocycles. The maximum absolute atomic E-state index is 12.1. The SMILES string of the molecule is CCNC(=NCc1ccc(OC)cc1OC)NCC(=O)NCCc1ccccc1.I. The molecule has 30 heavy (non-hydrogen) atoms. The summed E-state index contributed by atoms with van der Waals surface area (Å²) in [5, 5.41) is 9.12. The molecule has 2 rings (SSSR count). The van der Waals surface area contributed by atoms with Crippen LogP contribution in [0.2, 0.25) is 0 Å². The summed E-state index contributed by atoms with van der Waals surface area (Å²) in [5.41, 5.74) is 2.13. The predicted octanol–water partition coefficient (Wildman–Crippen LogP) is 2.74. The second-order valence-electron chi connectivity index (χ2n) is 6.31. The number of rotatable bonds is 10. The van der Waals surface area contributed by atoms with Gasteiger partial charge in [-0.15, -0.1) is 24.0 Å². The molecule has 164 valence electrons. The molecule has 0 saturated carbocycles. The lowest BCUT2D eigenvalue weighted by Gasteiger charge is -2.13. The van der Waals surface area contributed by atoms with E-state index in [4.69, 9.17) is 9.47 Å². The molecule has 7 nitrogen and oxygen atoms in total. The van der Waals surface area contributed by atoms with Crippen LogP contribution < -0.4 is 25.4 Å². The third-order valence-corrected chi connectivity index (χ3v) is 4.24. The maximum Gasteiger partial charge on any atom is 0.239 e. The smallest absolute Gasteiger partial charge is 0.239 e. The topological polar surface area (TPSA) is 84.0 Å². The first kappa shape index (κ1) is 25.5. The lowest BCUT2D eigenvalue weighted by Crippen LogP contribution is -2.43. The Morgan fingerprint density at radius 2 is 1.77 bits per heavy atom. The lowest BCUT2D eigenvalue weighted by atomic mass is 10.1. The zero-order valence-corrected chi connectivity index (χ0v) is 20.1. The molecule has 0 spiro atoms. The first-order valence-electron chi connectivity index (χ1n) is 9.70. The summed E-state index contributed by atoms with van der Waals surface area (Å²) in [4.78, 5) is 16.6. The zero-order valence-electron chi connectivity index (χ0n) is 17.7. The summed E-state index contributed by atoms with van der Waals surface area (Å²) >= 11 is 0. The third kappa shape index (κ3) is 8.89. The number of benzene rings is 2. The number of ether oxygens (including phenoxy) is 2. The highest BCUT2D eigenvalue weighted by Gasteiger charge is 2.07. The Morgan fingerprint density at radius 1 is 1.00 bits per heavy atom. The number of carbonyl (C=O) groups excluding carboxylic acids is 1. The molecule has 0 radical (unpaired) electrons. The van der Waals surface area contributed by atoms with Gasteiger partial charge in [-0.05, 0) is 31.0 Å². The van der Waals surface area contributed by atoms with Crippen molar-refractivity contribution >= 4 is 35.8 Å². The summed E-state index contributed by atoms with van der Waals surface area (Å²) in [6, 6.07) is 15.7. The molecule has 0 aromatic heterocycles. The standard InChI is InChI=1S/C22H30N4O3.HI/c1-4-23-22(25-15-18-10-11-19(28-2)14-20(18)29-3)26-16-21(27)24-13-12-17-8-6-5-7-9-17;/h5-11,14H,4,12-13,15-16H2,1-3H3,(H,24,27)(H2,23,25,26);1H. The van der Waals surface area contributed by atoms with Crippen molar-refractivity contribution < 1.29 is 14.3 Å². The minimum Gasteiger partial charge on any atom is -0.497 e. The van der Waals surface area contributed by atoms with Crippen molar-refractivity contribution in [3.05, 3.63) is 59.7 Å². The zero-order chi connectivity index (χ0) is 20.9. The molecule has 2 aromatic carbocycles. The fourth-order valence-electron chi connectivity index (χ4n) is 2.71. The molecule has 0 fully saturated rings. The van der Waals surface area contributed by atoms with Crippen molar-refractivity contribution in [1.82, 2.24) is 16.0 Å². The number of carbonyl (C=O) groups is 1. The van der Waals surface area contributed by atoms with Gasteiger partial charge < -0.3 is 25.4 Å². The Hall–Kier alpha value is -2.49. The van der Waals surface area contributed by atoms with E-state index in [-0.39, 0.29) is 36.4 Å². The molecule has 0 saturated heterocycles. The van der Waals surface area contributed by atoms with Crippen LogP contribution in [0.5, 0.6) is 11.5 Å². The third-order valence-electron chi connectivity index (χ3n) is 4.24. The molecule has 8 heteroatoms. The molecule has 0 aliphatic rings. The fourth-order valence-corrected chi connectivity index (χ4v) is 2.71. The Balaban J connectivity index is 0.00000450. The van der Waals surface area contributed by atoms with E-state index >= 15 is 0 Å². The van der Waals surface area contributed by atoms with E-state index in [1.807, 2.05) is 55.5 Å². The monoisotopic (exact) mass is 526 g/mol. The maximum atomic E-state index is 12.1. The van der Waals surface area contributed by atoms with Crippen molar-refractivity contribution in [1.29, 1.82) is 0 Å². The Kier molecular flexibility index (Phi) is 12.3. The van der Waals surface area contributed by atoms with Gasteiger partial charge in [0.05, 0.1) is 27.3 Å². The van der Waals surface area contributed by atoms with Crippen LogP contribution in [0.3, 0.4) is 0 Å². The van der Waals surface area contributed by atoms with Crippen LogP contribution in [0.15, 0.2) is 53.5 Å². The van der Waals surface area contributed by atoms with Crippen LogP contribution in [-0.4, -0.2) is 45.7 Å². The van der Waals surface area contributed by atoms with Gasteiger partial charge in [0.1, 0.15) is 11.5 Å². The Labute approximate surface area is 195 Å². The van der Waals surface area contributed by atoms with Crippen LogP contribution in [-0.2, 0) is 17.8 Å². The number of methoxy groups -OCH3 is 2. The van der Waals surface area contributed by atoms with Crippen LogP contribution >= 0.6 is 24.0 Å². The fraction of sp³-hybridized carbons (Fsp3) is 0.364. The van der Waals surface area contributed by atoms with E-state index in [1.165, 1.54) is 5.56 Å². The molecule has 0 heterocycles. The van der Waals surface area contributed by atoms with Crippen molar-refractivity contribution in [3.63, 3.8) is 0 Å². The largest absolute Gasteiger partial charge is 0.497 e. The molecule has 1 amide bonds. The second-order valence-corrected chi connectivity index (χ2v) is 6.31. The van der Waals surface area contributed by atoms with E-state index in [0.717, 1.165) is 17.7 Å². The van der Waals surface area contributed by atoms with Gasteiger partial charge >= 0.3 is 0 Å². The molecular formula is C22H31IN4O3. The number of guanidine groups is 1. The van der Waals surface area contributed by atoms with Crippen LogP contribution in [0, 0.1) is 0 Å². The minimum atomic E-state index is -0.0754. The highest BCUT2D eigenvalue weighted by molar-refractivity contribution is 14.0. The number of nitrogens with one attached hydrogen (secondary N) is 3. The highest BCUT2D eigenvalue weighted by atomic mass is 127. The van der Waals surface area contributed by atoms with E-state index in [9.17, 15) is 4.79 Å². The van der Waals surface area contributed by atoms with Crippen LogP contribution in [0.1, 0.15) is 18.1 Å². The number of amides is 1. The lowest BCUT2D eigenvalue weighted by molar-refractivity contribution is -0.119. The average Bonchev–Trinajstić information content (AvgIpc) is 2.76. The molecular weight excluding hydrogens is 495 g/mol. The van der Waals surface area contributed by atoms with Gasteiger partial charge in [-0.3, -0.25) is 4.79 Å². The quantitative estimate of drug-likeness (QED) is 0.252. The van der Waals surface area contributed by atoms with Gasteiger partial charge in [-0.1, -0.05) is 30.3 Å². The number of hydrogen-bond donors (Lipinski definition) is 3. The van der Waals surface area contributed by atoms with Crippen molar-refractivity contribution in [3.8, 4) is 11.5 Å². The first-order chi connectivity index (χ1) is 14.2. The van der Waals surface area contributed by atoms with Crippen LogP contribution in [0.4, 0.5) is 0 Å². The average molecular weight is 526 g/mol. The number of halogens is 1. The van der Waals surface area contributed by atoms with Gasteiger partial charge in [0.25, 0.3) is 0 Å². The number of aliphatic imine (C=N–C) groups is 1. The summed E-state index contributed by atoms with van der Waals surface area (Å²) in [6.45, 7) is 3.84. The van der Waals surface area contributed by atoms with Gasteiger partial charge in [-0.25, -0.2) is 4.99 Å². The Bertz CT molecular complexity index is 800. The van der Waals surface area contributed by atoms with Gasteiger partial charge in [0.15, 0.2) is 5.96 Å².